The number of ether oxygens (including phenoxy) is 1. The molecule has 1 unspecified atom stereocenters. The third-order valence-corrected chi connectivity index (χ3v) is 4.69. The minimum absolute atomic E-state index is 0.0529. The van der Waals surface area contributed by atoms with E-state index >= 15 is 0 Å². The van der Waals surface area contributed by atoms with Gasteiger partial charge in [0.25, 0.3) is 0 Å². The second-order valence-electron chi connectivity index (χ2n) is 6.22. The van der Waals surface area contributed by atoms with E-state index < -0.39 is 11.6 Å². The molecular weight excluding hydrogens is 318 g/mol. The molecule has 1 aliphatic carbocycles. The lowest BCUT2D eigenvalue weighted by molar-refractivity contribution is -0.163. The smallest absolute Gasteiger partial charge is 0.344 e. The van der Waals surface area contributed by atoms with Crippen molar-refractivity contribution in [1.29, 1.82) is 0 Å². The molecule has 0 aromatic rings. The number of nitrogens with zero attached hydrogens (tertiary/aromatic N) is 1. The fourth-order valence-electron chi connectivity index (χ4n) is 3.30. The van der Waals surface area contributed by atoms with Crippen LogP contribution in [0.2, 0.25) is 0 Å². The molecule has 1 atom stereocenters. The second-order valence-corrected chi connectivity index (χ2v) is 6.76. The molecule has 0 aromatic heterocycles. The molecule has 1 N–H and O–H groups in total. The summed E-state index contributed by atoms with van der Waals surface area (Å²) in [6.45, 7) is 7.43. The lowest BCUT2D eigenvalue weighted by Crippen LogP contribution is -2.45. The maximum absolute atomic E-state index is 12.5. The van der Waals surface area contributed by atoms with E-state index in [4.69, 9.17) is 21.2 Å². The van der Waals surface area contributed by atoms with Crippen molar-refractivity contribution >= 4 is 23.3 Å². The molecule has 5 nitrogen and oxygen atoms in total. The van der Waals surface area contributed by atoms with Crippen molar-refractivity contribution < 1.29 is 19.5 Å². The van der Waals surface area contributed by atoms with Crippen LogP contribution in [0.1, 0.15) is 52.4 Å². The third-order valence-electron chi connectivity index (χ3n) is 4.58. The zero-order chi connectivity index (χ0) is 17.0. The standard InChI is InChI=1S/C17H24ClNO4/c1-4-7-13(19-22-10-11(2)18)14-15(20)12(3)17(23-16(14)21)8-5-6-9-17/h12,20H,2,4-10H2,1,3H3/b19-13-. The molecule has 1 spiro atoms. The minimum atomic E-state index is -0.562. The van der Waals surface area contributed by atoms with E-state index in [1.807, 2.05) is 13.8 Å². The molecule has 2 rings (SSSR count). The van der Waals surface area contributed by atoms with Gasteiger partial charge < -0.3 is 14.7 Å². The molecular formula is C17H24ClNO4. The van der Waals surface area contributed by atoms with E-state index in [1.165, 1.54) is 0 Å². The van der Waals surface area contributed by atoms with Crippen molar-refractivity contribution in [1.82, 2.24) is 0 Å². The zero-order valence-corrected chi connectivity index (χ0v) is 14.5. The van der Waals surface area contributed by atoms with Gasteiger partial charge in [-0.1, -0.05) is 43.6 Å². The number of hydrogen-bond acceptors (Lipinski definition) is 5. The van der Waals surface area contributed by atoms with Crippen LogP contribution in [0.15, 0.2) is 28.1 Å². The molecule has 0 aromatic carbocycles. The molecule has 6 heteroatoms. The van der Waals surface area contributed by atoms with Gasteiger partial charge in [0.05, 0.1) is 16.7 Å². The Hall–Kier alpha value is -1.49. The fourth-order valence-corrected chi connectivity index (χ4v) is 3.35. The van der Waals surface area contributed by atoms with Gasteiger partial charge >= 0.3 is 5.97 Å². The highest BCUT2D eigenvalue weighted by Crippen LogP contribution is 2.45. The average molecular weight is 342 g/mol. The van der Waals surface area contributed by atoms with E-state index in [2.05, 4.69) is 11.7 Å². The van der Waals surface area contributed by atoms with Gasteiger partial charge in [0, 0.05) is 0 Å². The second kappa shape index (κ2) is 7.39. The summed E-state index contributed by atoms with van der Waals surface area (Å²) in [5.74, 6) is -0.686. The summed E-state index contributed by atoms with van der Waals surface area (Å²) in [5.41, 5.74) is -0.0301. The van der Waals surface area contributed by atoms with Gasteiger partial charge in [-0.2, -0.15) is 0 Å². The molecule has 0 saturated heterocycles. The molecule has 1 saturated carbocycles. The number of rotatable bonds is 6. The Morgan fingerprint density at radius 2 is 2.17 bits per heavy atom. The SMILES string of the molecule is C=C(Cl)CO/N=C(/CCC)C1=C(O)C(C)C2(CCCC2)OC1=O. The largest absolute Gasteiger partial charge is 0.511 e. The Morgan fingerprint density at radius 1 is 1.52 bits per heavy atom. The Kier molecular flexibility index (Phi) is 5.74. The quantitative estimate of drug-likeness (QED) is 0.446. The molecule has 1 heterocycles. The predicted octanol–water partition coefficient (Wildman–Crippen LogP) is 4.23. The van der Waals surface area contributed by atoms with Gasteiger partial charge in [0.2, 0.25) is 0 Å². The maximum Gasteiger partial charge on any atom is 0.344 e. The first-order valence-corrected chi connectivity index (χ1v) is 8.48. The molecule has 0 radical (unpaired) electrons. The summed E-state index contributed by atoms with van der Waals surface area (Å²) >= 11 is 5.64. The van der Waals surface area contributed by atoms with Crippen molar-refractivity contribution in [2.45, 2.75) is 58.0 Å². The van der Waals surface area contributed by atoms with Gasteiger partial charge in [-0.15, -0.1) is 0 Å². The van der Waals surface area contributed by atoms with Crippen molar-refractivity contribution in [2.75, 3.05) is 6.61 Å². The van der Waals surface area contributed by atoms with Crippen LogP contribution >= 0.6 is 11.6 Å². The van der Waals surface area contributed by atoms with E-state index in [1.54, 1.807) is 0 Å². The number of aliphatic hydroxyl groups excluding tert-OH is 1. The number of esters is 1. The van der Waals surface area contributed by atoms with E-state index in [-0.39, 0.29) is 23.9 Å². The number of hydrogen-bond donors (Lipinski definition) is 1. The number of carbonyl (C=O) groups is 1. The normalized spacial score (nSPS) is 24.0. The van der Waals surface area contributed by atoms with Crippen LogP contribution < -0.4 is 0 Å². The summed E-state index contributed by atoms with van der Waals surface area (Å²) in [4.78, 5) is 17.6. The maximum atomic E-state index is 12.5. The summed E-state index contributed by atoms with van der Waals surface area (Å²) in [6, 6.07) is 0. The van der Waals surface area contributed by atoms with Crippen LogP contribution in [0.3, 0.4) is 0 Å². The van der Waals surface area contributed by atoms with Crippen molar-refractivity contribution in [2.24, 2.45) is 11.1 Å². The van der Waals surface area contributed by atoms with Crippen LogP contribution in [-0.4, -0.2) is 29.0 Å². The third kappa shape index (κ3) is 3.71. The number of oxime groups is 1. The summed E-state index contributed by atoms with van der Waals surface area (Å²) in [7, 11) is 0. The predicted molar refractivity (Wildman–Crippen MR) is 89.4 cm³/mol. The van der Waals surface area contributed by atoms with Crippen LogP contribution in [-0.2, 0) is 14.4 Å². The summed E-state index contributed by atoms with van der Waals surface area (Å²) in [5, 5.41) is 14.9. The fraction of sp³-hybridized carbons (Fsp3) is 0.647. The van der Waals surface area contributed by atoms with Crippen LogP contribution in [0, 0.1) is 5.92 Å². The van der Waals surface area contributed by atoms with Gasteiger partial charge in [-0.05, 0) is 32.1 Å². The molecule has 0 amide bonds. The van der Waals surface area contributed by atoms with Gasteiger partial charge in [0.1, 0.15) is 16.9 Å². The summed E-state index contributed by atoms with van der Waals surface area (Å²) < 4.78 is 5.75. The van der Waals surface area contributed by atoms with Crippen LogP contribution in [0.4, 0.5) is 0 Å². The molecule has 128 valence electrons. The first kappa shape index (κ1) is 17.9. The number of halogens is 1. The van der Waals surface area contributed by atoms with E-state index in [9.17, 15) is 9.90 Å². The Balaban J connectivity index is 2.31. The van der Waals surface area contributed by atoms with Gasteiger partial charge in [-0.25, -0.2) is 4.79 Å². The average Bonchev–Trinajstić information content (AvgIpc) is 2.94. The highest BCUT2D eigenvalue weighted by atomic mass is 35.5. The molecule has 2 aliphatic rings. The number of aliphatic hydroxyl groups is 1. The zero-order valence-electron chi connectivity index (χ0n) is 13.7. The molecule has 23 heavy (non-hydrogen) atoms. The molecule has 1 fully saturated rings. The van der Waals surface area contributed by atoms with Gasteiger partial charge in [-0.3, -0.25) is 0 Å². The first-order chi connectivity index (χ1) is 10.9. The Morgan fingerprint density at radius 3 is 2.74 bits per heavy atom. The van der Waals surface area contributed by atoms with Crippen molar-refractivity contribution in [3.05, 3.63) is 22.9 Å². The Bertz CT molecular complexity index is 547. The Labute approximate surface area is 142 Å². The summed E-state index contributed by atoms with van der Waals surface area (Å²) in [6.07, 6.45) is 4.87. The van der Waals surface area contributed by atoms with Gasteiger partial charge in [0.15, 0.2) is 6.61 Å². The highest BCUT2D eigenvalue weighted by Gasteiger charge is 2.50. The van der Waals surface area contributed by atoms with E-state index in [0.717, 1.165) is 32.1 Å². The molecule has 0 bridgehead atoms. The van der Waals surface area contributed by atoms with Crippen LogP contribution in [0.25, 0.3) is 0 Å². The van der Waals surface area contributed by atoms with Crippen LogP contribution in [0.5, 0.6) is 0 Å². The lowest BCUT2D eigenvalue weighted by Gasteiger charge is -2.39. The first-order valence-electron chi connectivity index (χ1n) is 8.10. The van der Waals surface area contributed by atoms with E-state index in [0.29, 0.717) is 17.2 Å². The van der Waals surface area contributed by atoms with Crippen molar-refractivity contribution in [3.8, 4) is 0 Å². The van der Waals surface area contributed by atoms with Crippen molar-refractivity contribution in [3.63, 3.8) is 0 Å². The monoisotopic (exact) mass is 341 g/mol. The highest BCUT2D eigenvalue weighted by molar-refractivity contribution is 6.29. The minimum Gasteiger partial charge on any atom is -0.511 e. The number of carbonyl (C=O) groups excluding carboxylic acids is 1. The topological polar surface area (TPSA) is 68.1 Å². The molecule has 1 aliphatic heterocycles. The lowest BCUT2D eigenvalue weighted by atomic mass is 9.81.